The van der Waals surface area contributed by atoms with E-state index in [0.717, 1.165) is 24.8 Å². The Bertz CT molecular complexity index is 578. The summed E-state index contributed by atoms with van der Waals surface area (Å²) in [5, 5.41) is 0.554. The topological polar surface area (TPSA) is 63.4 Å². The number of likely N-dealkylation sites (tertiary alicyclic amines) is 1. The summed E-state index contributed by atoms with van der Waals surface area (Å²) >= 11 is 5.87. The van der Waals surface area contributed by atoms with Crippen LogP contribution in [0.1, 0.15) is 31.7 Å². The van der Waals surface area contributed by atoms with Gasteiger partial charge in [0, 0.05) is 10.7 Å². The standard InChI is InChI=1S/C16H19ClN2O2/c1-2-9-5-12-13(6-9)16(21)19(15(12)20)8-10-3-4-11(17)7-14(10)18/h3-4,7,9,12-13H,2,5-6,8,18H2,1H3. The number of hydrogen-bond acceptors (Lipinski definition) is 3. The summed E-state index contributed by atoms with van der Waals surface area (Å²) < 4.78 is 0. The van der Waals surface area contributed by atoms with Crippen molar-refractivity contribution >= 4 is 29.1 Å². The van der Waals surface area contributed by atoms with Gasteiger partial charge < -0.3 is 5.73 Å². The highest BCUT2D eigenvalue weighted by atomic mass is 35.5. The number of carbonyl (C=O) groups excluding carboxylic acids is 2. The predicted molar refractivity (Wildman–Crippen MR) is 81.4 cm³/mol. The molecule has 0 aromatic heterocycles. The second kappa shape index (κ2) is 5.34. The number of hydrogen-bond donors (Lipinski definition) is 1. The zero-order valence-electron chi connectivity index (χ0n) is 12.0. The van der Waals surface area contributed by atoms with Crippen LogP contribution >= 0.6 is 11.6 Å². The number of fused-ring (bicyclic) bond motifs is 1. The Morgan fingerprint density at radius 3 is 2.38 bits per heavy atom. The number of nitrogen functional groups attached to an aromatic ring is 1. The number of rotatable bonds is 3. The zero-order chi connectivity index (χ0) is 15.1. The molecule has 21 heavy (non-hydrogen) atoms. The fourth-order valence-electron chi connectivity index (χ4n) is 3.57. The highest BCUT2D eigenvalue weighted by molar-refractivity contribution is 6.30. The molecule has 2 N–H and O–H groups in total. The maximum atomic E-state index is 12.5. The molecule has 2 fully saturated rings. The SMILES string of the molecule is CCC1CC2C(=O)N(Cc3ccc(Cl)cc3N)C(=O)C2C1. The van der Waals surface area contributed by atoms with Gasteiger partial charge in [0.2, 0.25) is 11.8 Å². The summed E-state index contributed by atoms with van der Waals surface area (Å²) in [6.45, 7) is 2.37. The van der Waals surface area contributed by atoms with Gasteiger partial charge in [0.15, 0.2) is 0 Å². The second-order valence-corrected chi connectivity index (χ2v) is 6.50. The minimum Gasteiger partial charge on any atom is -0.398 e. The summed E-state index contributed by atoms with van der Waals surface area (Å²) in [6, 6.07) is 5.16. The molecule has 2 aliphatic rings. The van der Waals surface area contributed by atoms with E-state index in [-0.39, 0.29) is 30.2 Å². The van der Waals surface area contributed by atoms with Crippen molar-refractivity contribution in [2.75, 3.05) is 5.73 Å². The maximum absolute atomic E-state index is 12.5. The molecule has 1 aliphatic heterocycles. The first-order chi connectivity index (χ1) is 10.0. The van der Waals surface area contributed by atoms with E-state index < -0.39 is 0 Å². The van der Waals surface area contributed by atoms with Crippen LogP contribution in [0.5, 0.6) is 0 Å². The van der Waals surface area contributed by atoms with Crippen molar-refractivity contribution < 1.29 is 9.59 Å². The van der Waals surface area contributed by atoms with Crippen molar-refractivity contribution in [2.45, 2.75) is 32.7 Å². The molecule has 0 radical (unpaired) electrons. The number of carbonyl (C=O) groups is 2. The van der Waals surface area contributed by atoms with Gasteiger partial charge in [-0.3, -0.25) is 14.5 Å². The van der Waals surface area contributed by atoms with Crippen molar-refractivity contribution in [3.8, 4) is 0 Å². The number of benzene rings is 1. The van der Waals surface area contributed by atoms with E-state index in [4.69, 9.17) is 17.3 Å². The molecular weight excluding hydrogens is 288 g/mol. The Hall–Kier alpha value is -1.55. The summed E-state index contributed by atoms with van der Waals surface area (Å²) in [6.07, 6.45) is 2.73. The number of anilines is 1. The van der Waals surface area contributed by atoms with Crippen molar-refractivity contribution in [3.05, 3.63) is 28.8 Å². The highest BCUT2D eigenvalue weighted by Gasteiger charge is 2.52. The fourth-order valence-corrected chi connectivity index (χ4v) is 3.75. The number of halogens is 1. The number of imide groups is 1. The van der Waals surface area contributed by atoms with Crippen LogP contribution in [0.25, 0.3) is 0 Å². The van der Waals surface area contributed by atoms with E-state index in [1.54, 1.807) is 18.2 Å². The van der Waals surface area contributed by atoms with Gasteiger partial charge in [-0.05, 0) is 36.5 Å². The van der Waals surface area contributed by atoms with E-state index in [1.165, 1.54) is 4.90 Å². The Morgan fingerprint density at radius 1 is 1.24 bits per heavy atom. The third-order valence-corrected chi connectivity index (χ3v) is 5.08. The predicted octanol–water partition coefficient (Wildman–Crippen LogP) is 2.84. The zero-order valence-corrected chi connectivity index (χ0v) is 12.8. The molecule has 0 spiro atoms. The first-order valence-corrected chi connectivity index (χ1v) is 7.78. The van der Waals surface area contributed by atoms with Crippen LogP contribution < -0.4 is 5.73 Å². The molecule has 1 saturated heterocycles. The number of nitrogens with two attached hydrogens (primary N) is 1. The Morgan fingerprint density at radius 2 is 1.86 bits per heavy atom. The first kappa shape index (κ1) is 14.4. The molecule has 3 rings (SSSR count). The third-order valence-electron chi connectivity index (χ3n) is 4.84. The van der Waals surface area contributed by atoms with Crippen molar-refractivity contribution in [2.24, 2.45) is 17.8 Å². The van der Waals surface area contributed by atoms with Gasteiger partial charge in [-0.2, -0.15) is 0 Å². The molecule has 1 aromatic carbocycles. The average Bonchev–Trinajstić information content (AvgIpc) is 2.97. The smallest absolute Gasteiger partial charge is 0.233 e. The Balaban J connectivity index is 1.79. The minimum atomic E-state index is -0.115. The lowest BCUT2D eigenvalue weighted by atomic mass is 10.00. The molecule has 2 atom stereocenters. The first-order valence-electron chi connectivity index (χ1n) is 7.40. The van der Waals surface area contributed by atoms with Crippen LogP contribution in [0.15, 0.2) is 18.2 Å². The van der Waals surface area contributed by atoms with E-state index in [0.29, 0.717) is 16.6 Å². The lowest BCUT2D eigenvalue weighted by molar-refractivity contribution is -0.141. The molecule has 1 heterocycles. The van der Waals surface area contributed by atoms with Crippen molar-refractivity contribution in [1.29, 1.82) is 0 Å². The van der Waals surface area contributed by atoms with Gasteiger partial charge in [0.1, 0.15) is 0 Å². The molecule has 4 nitrogen and oxygen atoms in total. The maximum Gasteiger partial charge on any atom is 0.233 e. The highest BCUT2D eigenvalue weighted by Crippen LogP contribution is 2.44. The fraction of sp³-hybridized carbons (Fsp3) is 0.500. The largest absolute Gasteiger partial charge is 0.398 e. The van der Waals surface area contributed by atoms with Gasteiger partial charge in [-0.15, -0.1) is 0 Å². The summed E-state index contributed by atoms with van der Waals surface area (Å²) in [4.78, 5) is 26.3. The minimum absolute atomic E-state index is 0.0321. The molecule has 5 heteroatoms. The molecule has 2 amide bonds. The van der Waals surface area contributed by atoms with Gasteiger partial charge in [0.25, 0.3) is 0 Å². The number of amides is 2. The Labute approximate surface area is 129 Å². The monoisotopic (exact) mass is 306 g/mol. The van der Waals surface area contributed by atoms with Gasteiger partial charge in [0.05, 0.1) is 18.4 Å². The lowest BCUT2D eigenvalue weighted by Crippen LogP contribution is -2.32. The van der Waals surface area contributed by atoms with Gasteiger partial charge in [-0.25, -0.2) is 0 Å². The van der Waals surface area contributed by atoms with Crippen LogP contribution in [0.2, 0.25) is 5.02 Å². The van der Waals surface area contributed by atoms with Gasteiger partial charge in [-0.1, -0.05) is 31.0 Å². The second-order valence-electron chi connectivity index (χ2n) is 6.06. The summed E-state index contributed by atoms with van der Waals surface area (Å²) in [7, 11) is 0. The van der Waals surface area contributed by atoms with Crippen LogP contribution in [0.4, 0.5) is 5.69 Å². The van der Waals surface area contributed by atoms with E-state index in [9.17, 15) is 9.59 Å². The quantitative estimate of drug-likeness (QED) is 0.690. The van der Waals surface area contributed by atoms with Crippen molar-refractivity contribution in [3.63, 3.8) is 0 Å². The van der Waals surface area contributed by atoms with Crippen LogP contribution in [0.3, 0.4) is 0 Å². The summed E-state index contributed by atoms with van der Waals surface area (Å²) in [5.41, 5.74) is 7.21. The van der Waals surface area contributed by atoms with Gasteiger partial charge >= 0.3 is 0 Å². The molecular formula is C16H19ClN2O2. The lowest BCUT2D eigenvalue weighted by Gasteiger charge is -2.18. The molecule has 2 unspecified atom stereocenters. The van der Waals surface area contributed by atoms with E-state index in [2.05, 4.69) is 6.92 Å². The average molecular weight is 307 g/mol. The number of nitrogens with zero attached hydrogens (tertiary/aromatic N) is 1. The third kappa shape index (κ3) is 2.42. The van der Waals surface area contributed by atoms with Crippen LogP contribution in [-0.4, -0.2) is 16.7 Å². The Kier molecular flexibility index (Phi) is 3.66. The van der Waals surface area contributed by atoms with Crippen molar-refractivity contribution in [1.82, 2.24) is 4.90 Å². The normalized spacial score (nSPS) is 28.3. The molecule has 1 aromatic rings. The van der Waals surface area contributed by atoms with E-state index >= 15 is 0 Å². The molecule has 112 valence electrons. The molecule has 1 saturated carbocycles. The molecule has 1 aliphatic carbocycles. The van der Waals surface area contributed by atoms with Crippen LogP contribution in [0, 0.1) is 17.8 Å². The molecule has 0 bridgehead atoms. The van der Waals surface area contributed by atoms with Crippen LogP contribution in [-0.2, 0) is 16.1 Å². The summed E-state index contributed by atoms with van der Waals surface area (Å²) in [5.74, 6) is 0.216. The van der Waals surface area contributed by atoms with E-state index in [1.807, 2.05) is 0 Å².